The van der Waals surface area contributed by atoms with Gasteiger partial charge in [-0.05, 0) is 49.9 Å². The Morgan fingerprint density at radius 1 is 1.25 bits per heavy atom. The molecule has 2 aromatic rings. The van der Waals surface area contributed by atoms with Crippen LogP contribution < -0.4 is 9.62 Å². The van der Waals surface area contributed by atoms with Crippen LogP contribution in [0.5, 0.6) is 0 Å². The molecule has 0 amide bonds. The second kappa shape index (κ2) is 9.99. The lowest BCUT2D eigenvalue weighted by molar-refractivity contribution is -0.148. The summed E-state index contributed by atoms with van der Waals surface area (Å²) in [6, 6.07) is 7.72. The summed E-state index contributed by atoms with van der Waals surface area (Å²) in [6.45, 7) is 4.82. The van der Waals surface area contributed by atoms with Gasteiger partial charge in [0.1, 0.15) is 11.4 Å². The summed E-state index contributed by atoms with van der Waals surface area (Å²) in [5, 5.41) is 9.72. The van der Waals surface area contributed by atoms with Crippen LogP contribution >= 0.6 is 0 Å². The molecule has 2 N–H and O–H groups in total. The van der Waals surface area contributed by atoms with Crippen LogP contribution in [-0.2, 0) is 26.0 Å². The monoisotopic (exact) mass is 461 g/mol. The Balaban J connectivity index is 1.84. The molecule has 1 saturated heterocycles. The Morgan fingerprint density at radius 3 is 2.59 bits per heavy atom. The lowest BCUT2D eigenvalue weighted by atomic mass is 9.98. The fraction of sp³-hybridized carbons (Fsp3) is 0.409. The Labute approximate surface area is 187 Å². The Bertz CT molecular complexity index is 1090. The first-order valence-corrected chi connectivity index (χ1v) is 12.0. The predicted molar refractivity (Wildman–Crippen MR) is 119 cm³/mol. The van der Waals surface area contributed by atoms with E-state index < -0.39 is 16.0 Å². The number of nitrogens with zero attached hydrogens (tertiary/aromatic N) is 2. The van der Waals surface area contributed by atoms with E-state index in [1.807, 2.05) is 6.92 Å². The van der Waals surface area contributed by atoms with Crippen molar-refractivity contribution in [2.24, 2.45) is 5.92 Å². The number of hydrogen-bond donors (Lipinski definition) is 2. The number of aromatic carboxylic acids is 1. The number of sulfonamides is 1. The number of carbonyl (C=O) groups excluding carboxylic acids is 1. The molecule has 0 spiro atoms. The predicted octanol–water partition coefficient (Wildman–Crippen LogP) is 2.92. The second-order valence-electron chi connectivity index (χ2n) is 7.54. The molecule has 1 aromatic heterocycles. The summed E-state index contributed by atoms with van der Waals surface area (Å²) in [5.74, 6) is -1.72. The maximum Gasteiger partial charge on any atom is 0.339 e. The van der Waals surface area contributed by atoms with E-state index in [0.29, 0.717) is 25.9 Å². The standard InChI is InChI=1S/C22H27N3O6S/c1-3-15-7-9-18(10-8-15)32(29,30)24-17-12-19(21(26)27)20(23-13-17)25-11-5-6-16(14-25)22(28)31-4-2/h7-10,12-13,16,24H,3-6,11,14H2,1-2H3,(H,26,27)/t16-/m1/s1. The number of anilines is 2. The van der Waals surface area contributed by atoms with E-state index in [1.54, 1.807) is 24.0 Å². The van der Waals surface area contributed by atoms with Gasteiger partial charge in [-0.3, -0.25) is 9.52 Å². The molecule has 0 radical (unpaired) electrons. The summed E-state index contributed by atoms with van der Waals surface area (Å²) >= 11 is 0. The van der Waals surface area contributed by atoms with Crippen LogP contribution in [0.1, 0.15) is 42.6 Å². The zero-order valence-electron chi connectivity index (χ0n) is 18.1. The quantitative estimate of drug-likeness (QED) is 0.575. The number of piperidine rings is 1. The topological polar surface area (TPSA) is 126 Å². The highest BCUT2D eigenvalue weighted by molar-refractivity contribution is 7.92. The molecule has 32 heavy (non-hydrogen) atoms. The Hall–Kier alpha value is -3.14. The van der Waals surface area contributed by atoms with Crippen LogP contribution in [0.25, 0.3) is 0 Å². The highest BCUT2D eigenvalue weighted by atomic mass is 32.2. The van der Waals surface area contributed by atoms with Crippen molar-refractivity contribution in [1.82, 2.24) is 4.98 Å². The third-order valence-electron chi connectivity index (χ3n) is 5.33. The van der Waals surface area contributed by atoms with Gasteiger partial charge in [-0.25, -0.2) is 18.2 Å². The maximum absolute atomic E-state index is 12.7. The van der Waals surface area contributed by atoms with Crippen LogP contribution in [0.3, 0.4) is 0 Å². The van der Waals surface area contributed by atoms with Gasteiger partial charge < -0.3 is 14.7 Å². The van der Waals surface area contributed by atoms with Crippen molar-refractivity contribution in [2.75, 3.05) is 29.3 Å². The molecule has 0 aliphatic carbocycles. The molecule has 1 aromatic carbocycles. The minimum atomic E-state index is -3.90. The van der Waals surface area contributed by atoms with Gasteiger partial charge in [-0.2, -0.15) is 0 Å². The molecule has 172 valence electrons. The van der Waals surface area contributed by atoms with Gasteiger partial charge >= 0.3 is 11.9 Å². The molecule has 0 saturated carbocycles. The highest BCUT2D eigenvalue weighted by Gasteiger charge is 2.30. The van der Waals surface area contributed by atoms with Gasteiger partial charge in [-0.15, -0.1) is 0 Å². The van der Waals surface area contributed by atoms with E-state index >= 15 is 0 Å². The number of ether oxygens (including phenoxy) is 1. The fourth-order valence-corrected chi connectivity index (χ4v) is 4.70. The normalized spacial score (nSPS) is 16.4. The molecule has 1 fully saturated rings. The largest absolute Gasteiger partial charge is 0.478 e. The van der Waals surface area contributed by atoms with Crippen molar-refractivity contribution in [3.63, 3.8) is 0 Å². The molecule has 3 rings (SSSR count). The van der Waals surface area contributed by atoms with E-state index in [4.69, 9.17) is 4.74 Å². The van der Waals surface area contributed by atoms with Crippen molar-refractivity contribution in [3.8, 4) is 0 Å². The molecule has 0 unspecified atom stereocenters. The molecule has 0 bridgehead atoms. The van der Waals surface area contributed by atoms with Crippen LogP contribution in [0.2, 0.25) is 0 Å². The third kappa shape index (κ3) is 5.37. The Morgan fingerprint density at radius 2 is 1.97 bits per heavy atom. The van der Waals surface area contributed by atoms with Crippen LogP contribution in [0, 0.1) is 5.92 Å². The molecular formula is C22H27N3O6S. The number of hydrogen-bond acceptors (Lipinski definition) is 7. The lowest BCUT2D eigenvalue weighted by Crippen LogP contribution is -2.40. The minimum absolute atomic E-state index is 0.0460. The summed E-state index contributed by atoms with van der Waals surface area (Å²) in [7, 11) is -3.90. The zero-order valence-corrected chi connectivity index (χ0v) is 18.9. The summed E-state index contributed by atoms with van der Waals surface area (Å²) < 4.78 is 32.9. The second-order valence-corrected chi connectivity index (χ2v) is 9.22. The van der Waals surface area contributed by atoms with Crippen LogP contribution in [0.15, 0.2) is 41.4 Å². The molecule has 10 heteroatoms. The number of nitrogens with one attached hydrogen (secondary N) is 1. The lowest BCUT2D eigenvalue weighted by Gasteiger charge is -2.33. The number of aromatic nitrogens is 1. The van der Waals surface area contributed by atoms with E-state index in [-0.39, 0.29) is 40.5 Å². The smallest absolute Gasteiger partial charge is 0.339 e. The molecular weight excluding hydrogens is 434 g/mol. The van der Waals surface area contributed by atoms with Gasteiger partial charge in [0.25, 0.3) is 10.0 Å². The summed E-state index contributed by atoms with van der Waals surface area (Å²) in [5.41, 5.74) is 0.909. The van der Waals surface area contributed by atoms with Crippen molar-refractivity contribution in [2.45, 2.75) is 38.0 Å². The van der Waals surface area contributed by atoms with Gasteiger partial charge in [0, 0.05) is 13.1 Å². The van der Waals surface area contributed by atoms with Crippen LogP contribution in [0.4, 0.5) is 11.5 Å². The van der Waals surface area contributed by atoms with Crippen molar-refractivity contribution in [1.29, 1.82) is 0 Å². The molecule has 1 atom stereocenters. The summed E-state index contributed by atoms with van der Waals surface area (Å²) in [6.07, 6.45) is 3.42. The number of carboxylic acid groups (broad SMARTS) is 1. The van der Waals surface area contributed by atoms with Gasteiger partial charge in [0.15, 0.2) is 0 Å². The average Bonchev–Trinajstić information content (AvgIpc) is 2.79. The molecule has 2 heterocycles. The SMILES string of the molecule is CCOC(=O)[C@@H]1CCCN(c2ncc(NS(=O)(=O)c3ccc(CC)cc3)cc2C(=O)O)C1. The van der Waals surface area contributed by atoms with Gasteiger partial charge in [0.2, 0.25) is 0 Å². The third-order valence-corrected chi connectivity index (χ3v) is 6.73. The maximum atomic E-state index is 12.7. The fourth-order valence-electron chi connectivity index (χ4n) is 3.66. The number of rotatable bonds is 8. The minimum Gasteiger partial charge on any atom is -0.478 e. The van der Waals surface area contributed by atoms with Gasteiger partial charge in [0.05, 0.1) is 29.3 Å². The first-order valence-electron chi connectivity index (χ1n) is 10.5. The molecule has 1 aliphatic rings. The average molecular weight is 462 g/mol. The number of aryl methyl sites for hydroxylation is 1. The number of pyridine rings is 1. The first kappa shape index (κ1) is 23.5. The van der Waals surface area contributed by atoms with E-state index in [1.165, 1.54) is 24.4 Å². The number of carbonyl (C=O) groups is 2. The van der Waals surface area contributed by atoms with Crippen molar-refractivity contribution < 1.29 is 27.9 Å². The first-order chi connectivity index (χ1) is 15.2. The van der Waals surface area contributed by atoms with Crippen molar-refractivity contribution in [3.05, 3.63) is 47.7 Å². The highest BCUT2D eigenvalue weighted by Crippen LogP contribution is 2.28. The van der Waals surface area contributed by atoms with E-state index in [0.717, 1.165) is 12.0 Å². The van der Waals surface area contributed by atoms with E-state index in [2.05, 4.69) is 9.71 Å². The van der Waals surface area contributed by atoms with E-state index in [9.17, 15) is 23.1 Å². The molecule has 9 nitrogen and oxygen atoms in total. The zero-order chi connectivity index (χ0) is 23.3. The van der Waals surface area contributed by atoms with Crippen LogP contribution in [-0.4, -0.2) is 50.1 Å². The number of benzene rings is 1. The molecule has 1 aliphatic heterocycles. The Kier molecular flexibility index (Phi) is 7.34. The number of carboxylic acids is 1. The number of esters is 1. The summed E-state index contributed by atoms with van der Waals surface area (Å²) in [4.78, 5) is 30.1. The van der Waals surface area contributed by atoms with Crippen molar-refractivity contribution >= 4 is 33.5 Å². The van der Waals surface area contributed by atoms with Gasteiger partial charge in [-0.1, -0.05) is 19.1 Å².